The summed E-state index contributed by atoms with van der Waals surface area (Å²) in [6, 6.07) is 6.57. The third-order valence-corrected chi connectivity index (χ3v) is 6.97. The molecule has 4 rings (SSSR count). The number of hydrogen-bond donors (Lipinski definition) is 2. The van der Waals surface area contributed by atoms with Crippen LogP contribution in [0, 0.1) is 5.92 Å². The number of hydrogen-bond acceptors (Lipinski definition) is 7. The Bertz CT molecular complexity index is 925. The zero-order valence-electron chi connectivity index (χ0n) is 20.6. The van der Waals surface area contributed by atoms with Gasteiger partial charge in [-0.05, 0) is 81.5 Å². The zero-order valence-corrected chi connectivity index (χ0v) is 20.6. The maximum Gasteiger partial charge on any atom is 0.225 e. The molecule has 0 radical (unpaired) electrons. The van der Waals surface area contributed by atoms with Crippen LogP contribution in [0.25, 0.3) is 0 Å². The summed E-state index contributed by atoms with van der Waals surface area (Å²) < 4.78 is 10.7. The Morgan fingerprint density at radius 1 is 0.970 bits per heavy atom. The first-order valence-corrected chi connectivity index (χ1v) is 12.3. The van der Waals surface area contributed by atoms with Crippen molar-refractivity contribution in [2.24, 2.45) is 5.92 Å². The summed E-state index contributed by atoms with van der Waals surface area (Å²) in [5, 5.41) is 7.29. The molecule has 1 aromatic carbocycles. The Kier molecular flexibility index (Phi) is 7.91. The van der Waals surface area contributed by atoms with Crippen molar-refractivity contribution in [3.05, 3.63) is 35.0 Å². The average Bonchev–Trinajstić information content (AvgIpc) is 2.84. The number of rotatable bonds is 9. The van der Waals surface area contributed by atoms with Crippen LogP contribution >= 0.6 is 0 Å². The van der Waals surface area contributed by atoms with Gasteiger partial charge in [-0.15, -0.1) is 0 Å². The first-order chi connectivity index (χ1) is 16.1. The molecule has 1 saturated carbocycles. The summed E-state index contributed by atoms with van der Waals surface area (Å²) in [7, 11) is 7.51. The van der Waals surface area contributed by atoms with Gasteiger partial charge in [-0.25, -0.2) is 4.98 Å². The van der Waals surface area contributed by atoms with Crippen LogP contribution < -0.4 is 25.0 Å². The van der Waals surface area contributed by atoms with E-state index in [1.165, 1.54) is 55.3 Å². The molecule has 2 aliphatic carbocycles. The lowest BCUT2D eigenvalue weighted by atomic mass is 9.86. The van der Waals surface area contributed by atoms with Crippen molar-refractivity contribution in [2.75, 3.05) is 45.1 Å². The lowest BCUT2D eigenvalue weighted by Gasteiger charge is -2.30. The number of benzene rings is 1. The van der Waals surface area contributed by atoms with Crippen molar-refractivity contribution in [3.8, 4) is 11.5 Å². The van der Waals surface area contributed by atoms with Gasteiger partial charge in [0.1, 0.15) is 5.82 Å². The number of nitrogens with zero attached hydrogens (tertiary/aromatic N) is 3. The lowest BCUT2D eigenvalue weighted by Crippen LogP contribution is -2.32. The van der Waals surface area contributed by atoms with Gasteiger partial charge >= 0.3 is 0 Å². The zero-order chi connectivity index (χ0) is 23.2. The number of aryl methyl sites for hydroxylation is 1. The smallest absolute Gasteiger partial charge is 0.225 e. The largest absolute Gasteiger partial charge is 0.493 e. The number of ether oxygens (including phenoxy) is 2. The van der Waals surface area contributed by atoms with Gasteiger partial charge in [-0.2, -0.15) is 4.98 Å². The van der Waals surface area contributed by atoms with E-state index in [1.54, 1.807) is 14.2 Å². The Morgan fingerprint density at radius 3 is 2.45 bits per heavy atom. The molecule has 33 heavy (non-hydrogen) atoms. The number of anilines is 2. The maximum absolute atomic E-state index is 5.41. The molecule has 7 heteroatoms. The van der Waals surface area contributed by atoms with E-state index in [4.69, 9.17) is 19.4 Å². The molecule has 180 valence electrons. The summed E-state index contributed by atoms with van der Waals surface area (Å²) >= 11 is 0. The molecular weight excluding hydrogens is 414 g/mol. The highest BCUT2D eigenvalue weighted by Gasteiger charge is 2.24. The first-order valence-electron chi connectivity index (χ1n) is 12.3. The van der Waals surface area contributed by atoms with Crippen LogP contribution in [0.5, 0.6) is 11.5 Å². The summed E-state index contributed by atoms with van der Waals surface area (Å²) in [5.74, 6) is 4.17. The molecule has 0 unspecified atom stereocenters. The van der Waals surface area contributed by atoms with Gasteiger partial charge in [0.25, 0.3) is 0 Å². The number of methoxy groups -OCH3 is 2. The lowest BCUT2D eigenvalue weighted by molar-refractivity contribution is 0.323. The van der Waals surface area contributed by atoms with Gasteiger partial charge < -0.3 is 25.0 Å². The third-order valence-electron chi connectivity index (χ3n) is 6.97. The topological polar surface area (TPSA) is 71.5 Å². The maximum atomic E-state index is 5.41. The minimum absolute atomic E-state index is 0.462. The Morgan fingerprint density at radius 2 is 1.73 bits per heavy atom. The van der Waals surface area contributed by atoms with Gasteiger partial charge in [0.15, 0.2) is 11.5 Å². The predicted molar refractivity (Wildman–Crippen MR) is 134 cm³/mol. The predicted octanol–water partition coefficient (Wildman–Crippen LogP) is 4.20. The van der Waals surface area contributed by atoms with Crippen molar-refractivity contribution >= 4 is 11.8 Å². The Hall–Kier alpha value is -2.54. The molecular formula is C26H39N5O2. The van der Waals surface area contributed by atoms with Crippen LogP contribution in [0.3, 0.4) is 0 Å². The van der Waals surface area contributed by atoms with Gasteiger partial charge in [0.2, 0.25) is 5.95 Å². The molecule has 0 atom stereocenters. The van der Waals surface area contributed by atoms with E-state index in [9.17, 15) is 0 Å². The third kappa shape index (κ3) is 5.88. The minimum atomic E-state index is 0.462. The van der Waals surface area contributed by atoms with Crippen LogP contribution in [-0.2, 0) is 19.4 Å². The molecule has 1 heterocycles. The molecule has 7 nitrogen and oxygen atoms in total. The molecule has 2 aliphatic rings. The van der Waals surface area contributed by atoms with E-state index in [1.807, 2.05) is 12.1 Å². The van der Waals surface area contributed by atoms with E-state index < -0.39 is 0 Å². The molecule has 1 aromatic heterocycles. The van der Waals surface area contributed by atoms with Crippen molar-refractivity contribution < 1.29 is 9.47 Å². The van der Waals surface area contributed by atoms with Gasteiger partial charge in [0, 0.05) is 32.2 Å². The van der Waals surface area contributed by atoms with Crippen LogP contribution in [0.1, 0.15) is 55.3 Å². The fourth-order valence-corrected chi connectivity index (χ4v) is 5.11. The normalized spacial score (nSPS) is 20.1. The van der Waals surface area contributed by atoms with E-state index in [0.717, 1.165) is 49.2 Å². The highest BCUT2D eigenvalue weighted by molar-refractivity contribution is 5.53. The van der Waals surface area contributed by atoms with E-state index >= 15 is 0 Å². The van der Waals surface area contributed by atoms with Crippen LogP contribution in [0.15, 0.2) is 18.2 Å². The summed E-state index contributed by atoms with van der Waals surface area (Å²) in [6.07, 6.45) is 9.44. The standard InChI is InChI=1S/C26H39N5O2/c1-31(2)25-21-7-5-6-8-22(21)29-26(30-25)28-20-12-9-18(10-13-20)16-27-17-19-11-14-23(32-3)24(15-19)33-4/h11,14-15,18,20,27H,5-10,12-13,16-17H2,1-4H3,(H,28,29,30)/t18-,20+. The second-order valence-electron chi connectivity index (χ2n) is 9.58. The van der Waals surface area contributed by atoms with Crippen molar-refractivity contribution in [3.63, 3.8) is 0 Å². The average molecular weight is 454 g/mol. The van der Waals surface area contributed by atoms with Crippen LogP contribution in [-0.4, -0.2) is 50.9 Å². The van der Waals surface area contributed by atoms with Crippen molar-refractivity contribution in [1.82, 2.24) is 15.3 Å². The number of fused-ring (bicyclic) bond motifs is 1. The SMILES string of the molecule is COc1ccc(CNC[C@H]2CC[C@@H](Nc3nc4c(c(N(C)C)n3)CCCC4)CC2)cc1OC. The highest BCUT2D eigenvalue weighted by atomic mass is 16.5. The second kappa shape index (κ2) is 11.1. The van der Waals surface area contributed by atoms with E-state index in [-0.39, 0.29) is 0 Å². The molecule has 0 bridgehead atoms. The molecule has 0 saturated heterocycles. The molecule has 1 fully saturated rings. The molecule has 0 aliphatic heterocycles. The first kappa shape index (κ1) is 23.6. The molecule has 2 aromatic rings. The Labute approximate surface area is 198 Å². The van der Waals surface area contributed by atoms with Crippen LogP contribution in [0.4, 0.5) is 11.8 Å². The molecule has 0 amide bonds. The monoisotopic (exact) mass is 453 g/mol. The van der Waals surface area contributed by atoms with E-state index in [2.05, 4.69) is 35.7 Å². The highest BCUT2D eigenvalue weighted by Crippen LogP contribution is 2.31. The summed E-state index contributed by atoms with van der Waals surface area (Å²) in [4.78, 5) is 11.9. The molecule has 2 N–H and O–H groups in total. The Balaban J connectivity index is 1.25. The molecule has 0 spiro atoms. The number of aromatic nitrogens is 2. The van der Waals surface area contributed by atoms with Crippen molar-refractivity contribution in [1.29, 1.82) is 0 Å². The van der Waals surface area contributed by atoms with E-state index in [0.29, 0.717) is 12.0 Å². The number of nitrogens with one attached hydrogen (secondary N) is 2. The second-order valence-corrected chi connectivity index (χ2v) is 9.58. The van der Waals surface area contributed by atoms with Gasteiger partial charge in [0.05, 0.1) is 19.9 Å². The summed E-state index contributed by atoms with van der Waals surface area (Å²) in [5.41, 5.74) is 3.81. The fourth-order valence-electron chi connectivity index (χ4n) is 5.11. The minimum Gasteiger partial charge on any atom is -0.493 e. The van der Waals surface area contributed by atoms with Crippen molar-refractivity contribution in [2.45, 2.75) is 64.0 Å². The summed E-state index contributed by atoms with van der Waals surface area (Å²) in [6.45, 7) is 1.88. The quantitative estimate of drug-likeness (QED) is 0.590. The fraction of sp³-hybridized carbons (Fsp3) is 0.615. The van der Waals surface area contributed by atoms with Gasteiger partial charge in [-0.3, -0.25) is 0 Å². The van der Waals surface area contributed by atoms with Gasteiger partial charge in [-0.1, -0.05) is 6.07 Å². The van der Waals surface area contributed by atoms with Crippen LogP contribution in [0.2, 0.25) is 0 Å².